The number of hydrogen-bond acceptors (Lipinski definition) is 7. The molecule has 3 aromatic heterocycles. The van der Waals surface area contributed by atoms with E-state index in [0.717, 1.165) is 46.6 Å². The van der Waals surface area contributed by atoms with Gasteiger partial charge in [-0.1, -0.05) is 18.9 Å². The van der Waals surface area contributed by atoms with Crippen LogP contribution in [-0.4, -0.2) is 50.4 Å². The third-order valence-electron chi connectivity index (χ3n) is 6.04. The van der Waals surface area contributed by atoms with E-state index in [1.807, 2.05) is 42.5 Å². The summed E-state index contributed by atoms with van der Waals surface area (Å²) in [6, 6.07) is 15.6. The summed E-state index contributed by atoms with van der Waals surface area (Å²) in [5.41, 5.74) is 4.03. The minimum Gasteiger partial charge on any atom is -0.497 e. The summed E-state index contributed by atoms with van der Waals surface area (Å²) in [6.45, 7) is -0.213. The van der Waals surface area contributed by atoms with Crippen LogP contribution in [-0.2, 0) is 4.79 Å². The van der Waals surface area contributed by atoms with E-state index in [0.29, 0.717) is 17.8 Å². The highest BCUT2D eigenvalue weighted by Crippen LogP contribution is 2.36. The minimum absolute atomic E-state index is 0.213. The third kappa shape index (κ3) is 4.36. The Morgan fingerprint density at radius 1 is 1.15 bits per heavy atom. The number of nitrogens with one attached hydrogen (secondary N) is 2. The molecule has 1 fully saturated rings. The molecule has 1 aliphatic rings. The van der Waals surface area contributed by atoms with Crippen LogP contribution < -0.4 is 15.4 Å². The van der Waals surface area contributed by atoms with Crippen LogP contribution in [0.3, 0.4) is 0 Å². The molecule has 0 unspecified atom stereocenters. The maximum atomic E-state index is 11.1. The van der Waals surface area contributed by atoms with Gasteiger partial charge in [0.1, 0.15) is 23.8 Å². The summed E-state index contributed by atoms with van der Waals surface area (Å²) in [5, 5.41) is 20.4. The first-order valence-electron chi connectivity index (χ1n) is 11.3. The van der Waals surface area contributed by atoms with Crippen molar-refractivity contribution in [3.8, 4) is 28.3 Å². The van der Waals surface area contributed by atoms with Crippen molar-refractivity contribution in [3.63, 3.8) is 0 Å². The number of fused-ring (bicyclic) bond motifs is 1. The van der Waals surface area contributed by atoms with Gasteiger partial charge in [0.15, 0.2) is 0 Å². The molecule has 1 aromatic carbocycles. The van der Waals surface area contributed by atoms with Gasteiger partial charge in [0, 0.05) is 17.8 Å². The van der Waals surface area contributed by atoms with Gasteiger partial charge in [-0.05, 0) is 55.3 Å². The van der Waals surface area contributed by atoms with E-state index in [2.05, 4.69) is 15.6 Å². The molecule has 0 radical (unpaired) electrons. The zero-order chi connectivity index (χ0) is 23.5. The van der Waals surface area contributed by atoms with Crippen molar-refractivity contribution in [1.82, 2.24) is 19.6 Å². The van der Waals surface area contributed by atoms with Crippen molar-refractivity contribution in [3.05, 3.63) is 54.7 Å². The number of hydrogen-bond donors (Lipinski definition) is 3. The zero-order valence-electron chi connectivity index (χ0n) is 18.9. The maximum Gasteiger partial charge on any atom is 0.322 e. The molecule has 0 bridgehead atoms. The Bertz CT molecular complexity index is 1310. The first-order valence-corrected chi connectivity index (χ1v) is 11.3. The van der Waals surface area contributed by atoms with E-state index in [-0.39, 0.29) is 6.54 Å². The Kier molecular flexibility index (Phi) is 5.99. The van der Waals surface area contributed by atoms with Crippen LogP contribution in [0.5, 0.6) is 5.75 Å². The van der Waals surface area contributed by atoms with Crippen molar-refractivity contribution >= 4 is 23.3 Å². The van der Waals surface area contributed by atoms with E-state index in [1.54, 1.807) is 23.9 Å². The fraction of sp³-hybridized carbons (Fsp3) is 0.280. The molecule has 3 N–H and O–H groups in total. The number of rotatable bonds is 8. The van der Waals surface area contributed by atoms with Crippen LogP contribution in [0.2, 0.25) is 0 Å². The number of benzene rings is 1. The van der Waals surface area contributed by atoms with Crippen LogP contribution in [0, 0.1) is 0 Å². The van der Waals surface area contributed by atoms with Crippen LogP contribution in [0.15, 0.2) is 54.7 Å². The van der Waals surface area contributed by atoms with Crippen LogP contribution in [0.4, 0.5) is 11.8 Å². The average Bonchev–Trinajstić information content (AvgIpc) is 3.51. The molecule has 1 saturated carbocycles. The molecule has 4 aromatic rings. The molecule has 5 rings (SSSR count). The van der Waals surface area contributed by atoms with Crippen molar-refractivity contribution < 1.29 is 14.6 Å². The fourth-order valence-corrected chi connectivity index (χ4v) is 4.39. The van der Waals surface area contributed by atoms with E-state index >= 15 is 0 Å². The van der Waals surface area contributed by atoms with Gasteiger partial charge >= 0.3 is 5.97 Å². The SMILES string of the molecule is COc1ccc(-c2nn3c(NCC(=O)O)cccc3c2-c2ccnc(NC3CCCC3)n2)cc1. The van der Waals surface area contributed by atoms with Gasteiger partial charge < -0.3 is 20.5 Å². The van der Waals surface area contributed by atoms with Crippen LogP contribution in [0.25, 0.3) is 28.0 Å². The van der Waals surface area contributed by atoms with Gasteiger partial charge in [0.2, 0.25) is 5.95 Å². The molecule has 0 aliphatic heterocycles. The lowest BCUT2D eigenvalue weighted by Crippen LogP contribution is -2.16. The Morgan fingerprint density at radius 2 is 1.94 bits per heavy atom. The molecule has 0 saturated heterocycles. The number of carboxylic acids is 1. The Balaban J connectivity index is 1.64. The second-order valence-electron chi connectivity index (χ2n) is 8.30. The first-order chi connectivity index (χ1) is 16.6. The molecule has 174 valence electrons. The molecule has 0 atom stereocenters. The lowest BCUT2D eigenvalue weighted by atomic mass is 10.0. The Morgan fingerprint density at radius 3 is 2.68 bits per heavy atom. The molecule has 0 amide bonds. The number of methoxy groups -OCH3 is 1. The molecular weight excluding hydrogens is 432 g/mol. The monoisotopic (exact) mass is 458 g/mol. The molecular formula is C25H26N6O3. The largest absolute Gasteiger partial charge is 0.497 e. The molecule has 0 spiro atoms. The number of pyridine rings is 1. The predicted octanol–water partition coefficient (Wildman–Crippen LogP) is 4.32. The molecule has 3 heterocycles. The first kappa shape index (κ1) is 21.7. The number of ether oxygens (including phenoxy) is 1. The van der Waals surface area contributed by atoms with Crippen molar-refractivity contribution in [2.45, 2.75) is 31.7 Å². The van der Waals surface area contributed by atoms with E-state index < -0.39 is 5.97 Å². The van der Waals surface area contributed by atoms with Gasteiger partial charge in [-0.2, -0.15) is 5.10 Å². The van der Waals surface area contributed by atoms with Gasteiger partial charge in [-0.25, -0.2) is 14.5 Å². The fourth-order valence-electron chi connectivity index (χ4n) is 4.39. The highest BCUT2D eigenvalue weighted by molar-refractivity contribution is 5.92. The normalized spacial score (nSPS) is 13.8. The Labute approximate surface area is 196 Å². The Hall–Kier alpha value is -4.14. The number of nitrogens with zero attached hydrogens (tertiary/aromatic N) is 4. The number of aliphatic carboxylic acids is 1. The summed E-state index contributed by atoms with van der Waals surface area (Å²) < 4.78 is 7.04. The second kappa shape index (κ2) is 9.38. The quantitative estimate of drug-likeness (QED) is 0.358. The maximum absolute atomic E-state index is 11.1. The van der Waals surface area contributed by atoms with Crippen LogP contribution >= 0.6 is 0 Å². The van der Waals surface area contributed by atoms with Gasteiger partial charge in [0.25, 0.3) is 0 Å². The van der Waals surface area contributed by atoms with Crippen molar-refractivity contribution in [1.29, 1.82) is 0 Å². The van der Waals surface area contributed by atoms with Gasteiger partial charge in [-0.15, -0.1) is 0 Å². The second-order valence-corrected chi connectivity index (χ2v) is 8.30. The highest BCUT2D eigenvalue weighted by Gasteiger charge is 2.21. The summed E-state index contributed by atoms with van der Waals surface area (Å²) in [6.07, 6.45) is 6.45. The number of aromatic nitrogens is 4. The van der Waals surface area contributed by atoms with Gasteiger partial charge in [-0.3, -0.25) is 4.79 Å². The summed E-state index contributed by atoms with van der Waals surface area (Å²) >= 11 is 0. The van der Waals surface area contributed by atoms with E-state index in [1.165, 1.54) is 12.8 Å². The van der Waals surface area contributed by atoms with Crippen LogP contribution in [0.1, 0.15) is 25.7 Å². The molecule has 1 aliphatic carbocycles. The smallest absolute Gasteiger partial charge is 0.322 e. The third-order valence-corrected chi connectivity index (χ3v) is 6.04. The summed E-state index contributed by atoms with van der Waals surface area (Å²) in [5.74, 6) is 0.991. The predicted molar refractivity (Wildman–Crippen MR) is 130 cm³/mol. The highest BCUT2D eigenvalue weighted by atomic mass is 16.5. The summed E-state index contributed by atoms with van der Waals surface area (Å²) in [7, 11) is 1.63. The topological polar surface area (TPSA) is 114 Å². The lowest BCUT2D eigenvalue weighted by Gasteiger charge is -2.12. The molecule has 9 heteroatoms. The number of carboxylic acid groups (broad SMARTS) is 1. The number of carbonyl (C=O) groups is 1. The molecule has 34 heavy (non-hydrogen) atoms. The van der Waals surface area contributed by atoms with E-state index in [9.17, 15) is 4.79 Å². The standard InChI is InChI=1S/C25H26N6O3/c1-34-18-11-9-16(10-12-18)24-23(19-13-14-26-25(29-19)28-17-5-2-3-6-17)20-7-4-8-21(31(20)30-24)27-15-22(32)33/h4,7-14,17,27H,2-3,5-6,15H2,1H3,(H,32,33)(H,26,28,29). The van der Waals surface area contributed by atoms with Gasteiger partial charge in [0.05, 0.1) is 23.9 Å². The minimum atomic E-state index is -0.946. The zero-order valence-corrected chi connectivity index (χ0v) is 18.9. The summed E-state index contributed by atoms with van der Waals surface area (Å²) in [4.78, 5) is 20.4. The van der Waals surface area contributed by atoms with E-state index in [4.69, 9.17) is 19.9 Å². The van der Waals surface area contributed by atoms with Crippen molar-refractivity contribution in [2.24, 2.45) is 0 Å². The molecule has 9 nitrogen and oxygen atoms in total. The average molecular weight is 459 g/mol. The number of anilines is 2. The van der Waals surface area contributed by atoms with Crippen molar-refractivity contribution in [2.75, 3.05) is 24.3 Å². The lowest BCUT2D eigenvalue weighted by molar-refractivity contribution is -0.134.